The number of likely N-dealkylation sites (tertiary alicyclic amines) is 1. The molecule has 116 valence electrons. The summed E-state index contributed by atoms with van der Waals surface area (Å²) in [6.07, 6.45) is 0.921. The fourth-order valence-corrected chi connectivity index (χ4v) is 2.79. The molecule has 1 atom stereocenters. The summed E-state index contributed by atoms with van der Waals surface area (Å²) in [5.74, 6) is -0.608. The maximum atomic E-state index is 12.4. The highest BCUT2D eigenvalue weighted by Gasteiger charge is 2.25. The van der Waals surface area contributed by atoms with Crippen molar-refractivity contribution in [3.63, 3.8) is 0 Å². The van der Waals surface area contributed by atoms with E-state index in [2.05, 4.69) is 4.74 Å². The summed E-state index contributed by atoms with van der Waals surface area (Å²) in [4.78, 5) is 12.7. The van der Waals surface area contributed by atoms with Crippen LogP contribution in [0.2, 0.25) is 5.02 Å². The Balaban J connectivity index is 2.02. The number of aliphatic carboxylic acids is 1. The molecule has 1 heterocycles. The minimum Gasteiger partial charge on any atom is -0.481 e. The van der Waals surface area contributed by atoms with Gasteiger partial charge >= 0.3 is 12.6 Å². The third kappa shape index (κ3) is 4.82. The smallest absolute Gasteiger partial charge is 0.387 e. The number of halogens is 3. The predicted octanol–water partition coefficient (Wildman–Crippen LogP) is 3.24. The van der Waals surface area contributed by atoms with Crippen molar-refractivity contribution in [2.75, 3.05) is 13.1 Å². The van der Waals surface area contributed by atoms with Gasteiger partial charge in [0.2, 0.25) is 0 Å². The molecule has 7 heteroatoms. The van der Waals surface area contributed by atoms with Crippen molar-refractivity contribution >= 4 is 17.6 Å². The van der Waals surface area contributed by atoms with Crippen LogP contribution in [0.15, 0.2) is 18.2 Å². The molecule has 0 amide bonds. The SMILES string of the molecule is O=C(O)CC1CCN(Cc2cc(Cl)ccc2OC(F)F)C1. The van der Waals surface area contributed by atoms with Crippen LogP contribution in [-0.4, -0.2) is 35.7 Å². The van der Waals surface area contributed by atoms with Crippen LogP contribution in [0, 0.1) is 5.92 Å². The van der Waals surface area contributed by atoms with Gasteiger partial charge < -0.3 is 9.84 Å². The molecular weight excluding hydrogens is 304 g/mol. The maximum Gasteiger partial charge on any atom is 0.387 e. The van der Waals surface area contributed by atoms with E-state index < -0.39 is 12.6 Å². The van der Waals surface area contributed by atoms with Crippen molar-refractivity contribution in [3.8, 4) is 5.75 Å². The lowest BCUT2D eigenvalue weighted by Crippen LogP contribution is -2.21. The van der Waals surface area contributed by atoms with E-state index in [-0.39, 0.29) is 18.1 Å². The highest BCUT2D eigenvalue weighted by atomic mass is 35.5. The molecule has 0 bridgehead atoms. The number of hydrogen-bond acceptors (Lipinski definition) is 3. The molecule has 2 rings (SSSR count). The Morgan fingerprint density at radius 2 is 2.29 bits per heavy atom. The van der Waals surface area contributed by atoms with Gasteiger partial charge in [-0.05, 0) is 37.1 Å². The molecule has 1 aromatic rings. The van der Waals surface area contributed by atoms with Gasteiger partial charge in [-0.2, -0.15) is 8.78 Å². The van der Waals surface area contributed by atoms with Gasteiger partial charge in [0.25, 0.3) is 0 Å². The first kappa shape index (κ1) is 16.0. The van der Waals surface area contributed by atoms with E-state index >= 15 is 0 Å². The number of alkyl halides is 2. The highest BCUT2D eigenvalue weighted by molar-refractivity contribution is 6.30. The minimum atomic E-state index is -2.89. The molecule has 1 N–H and O–H groups in total. The summed E-state index contributed by atoms with van der Waals surface area (Å²) in [6.45, 7) is -1.10. The fraction of sp³-hybridized carbons (Fsp3) is 0.500. The molecule has 0 aliphatic carbocycles. The van der Waals surface area contributed by atoms with Crippen LogP contribution < -0.4 is 4.74 Å². The van der Waals surface area contributed by atoms with Crippen molar-refractivity contribution in [2.45, 2.75) is 26.0 Å². The highest BCUT2D eigenvalue weighted by Crippen LogP contribution is 2.28. The zero-order valence-corrected chi connectivity index (χ0v) is 12.0. The number of carboxylic acids is 1. The van der Waals surface area contributed by atoms with E-state index in [4.69, 9.17) is 16.7 Å². The molecule has 1 aliphatic heterocycles. The lowest BCUT2D eigenvalue weighted by atomic mass is 10.1. The van der Waals surface area contributed by atoms with Gasteiger partial charge in [0.05, 0.1) is 0 Å². The fourth-order valence-electron chi connectivity index (χ4n) is 2.59. The lowest BCUT2D eigenvalue weighted by molar-refractivity contribution is -0.138. The Kier molecular flexibility index (Phi) is 5.36. The zero-order chi connectivity index (χ0) is 15.4. The van der Waals surface area contributed by atoms with Crippen LogP contribution in [0.3, 0.4) is 0 Å². The van der Waals surface area contributed by atoms with E-state index in [1.807, 2.05) is 4.90 Å². The maximum absolute atomic E-state index is 12.4. The van der Waals surface area contributed by atoms with Gasteiger partial charge in [0.1, 0.15) is 5.75 Å². The number of ether oxygens (including phenoxy) is 1. The standard InChI is InChI=1S/C14H16ClF2NO3/c15-11-1-2-12(21-14(16)17)10(6-11)8-18-4-3-9(7-18)5-13(19)20/h1-2,6,9,14H,3-5,7-8H2,(H,19,20). The second-order valence-corrected chi connectivity index (χ2v) is 5.55. The predicted molar refractivity (Wildman–Crippen MR) is 73.7 cm³/mol. The Labute approximate surface area is 126 Å². The molecule has 1 fully saturated rings. The molecular formula is C14H16ClF2NO3. The first-order valence-electron chi connectivity index (χ1n) is 6.61. The summed E-state index contributed by atoms with van der Waals surface area (Å²) in [6, 6.07) is 4.53. The molecule has 0 saturated carbocycles. The van der Waals surface area contributed by atoms with Crippen molar-refractivity contribution in [2.24, 2.45) is 5.92 Å². The summed E-state index contributed by atoms with van der Waals surface area (Å²) < 4.78 is 29.3. The topological polar surface area (TPSA) is 49.8 Å². The lowest BCUT2D eigenvalue weighted by Gasteiger charge is -2.18. The first-order valence-corrected chi connectivity index (χ1v) is 6.99. The van der Waals surface area contributed by atoms with Crippen LogP contribution in [0.25, 0.3) is 0 Å². The number of carboxylic acid groups (broad SMARTS) is 1. The van der Waals surface area contributed by atoms with E-state index in [0.29, 0.717) is 23.7 Å². The monoisotopic (exact) mass is 319 g/mol. The molecule has 21 heavy (non-hydrogen) atoms. The second kappa shape index (κ2) is 7.04. The average Bonchev–Trinajstić information content (AvgIpc) is 2.78. The third-order valence-electron chi connectivity index (χ3n) is 3.47. The molecule has 1 aromatic carbocycles. The van der Waals surface area contributed by atoms with Crippen LogP contribution in [0.5, 0.6) is 5.75 Å². The van der Waals surface area contributed by atoms with Crippen molar-refractivity contribution in [1.82, 2.24) is 4.90 Å². The number of rotatable bonds is 6. The molecule has 4 nitrogen and oxygen atoms in total. The van der Waals surface area contributed by atoms with Crippen LogP contribution in [-0.2, 0) is 11.3 Å². The van der Waals surface area contributed by atoms with E-state index in [0.717, 1.165) is 13.0 Å². The summed E-state index contributed by atoms with van der Waals surface area (Å²) in [5, 5.41) is 9.24. The number of benzene rings is 1. The van der Waals surface area contributed by atoms with Gasteiger partial charge in [-0.25, -0.2) is 0 Å². The summed E-state index contributed by atoms with van der Waals surface area (Å²) >= 11 is 5.90. The molecule has 0 radical (unpaired) electrons. The van der Waals surface area contributed by atoms with Gasteiger partial charge in [0, 0.05) is 30.1 Å². The Bertz CT molecular complexity index is 513. The average molecular weight is 320 g/mol. The normalized spacial score (nSPS) is 19.1. The zero-order valence-electron chi connectivity index (χ0n) is 11.3. The van der Waals surface area contributed by atoms with E-state index in [1.165, 1.54) is 12.1 Å². The number of hydrogen-bond donors (Lipinski definition) is 1. The van der Waals surface area contributed by atoms with Gasteiger partial charge in [0.15, 0.2) is 0 Å². The number of carbonyl (C=O) groups is 1. The van der Waals surface area contributed by atoms with Crippen molar-refractivity contribution in [1.29, 1.82) is 0 Å². The first-order chi connectivity index (χ1) is 9.94. The summed E-state index contributed by atoms with van der Waals surface area (Å²) in [5.41, 5.74) is 0.582. The van der Waals surface area contributed by atoms with Gasteiger partial charge in [-0.1, -0.05) is 11.6 Å². The van der Waals surface area contributed by atoms with Crippen LogP contribution in [0.1, 0.15) is 18.4 Å². The van der Waals surface area contributed by atoms with Gasteiger partial charge in [-0.15, -0.1) is 0 Å². The quantitative estimate of drug-likeness (QED) is 0.874. The van der Waals surface area contributed by atoms with Crippen molar-refractivity contribution < 1.29 is 23.4 Å². The van der Waals surface area contributed by atoms with E-state index in [9.17, 15) is 13.6 Å². The number of nitrogens with zero attached hydrogens (tertiary/aromatic N) is 1. The minimum absolute atomic E-state index is 0.0983. The van der Waals surface area contributed by atoms with Crippen LogP contribution >= 0.6 is 11.6 Å². The van der Waals surface area contributed by atoms with E-state index in [1.54, 1.807) is 6.07 Å². The molecule has 1 unspecified atom stereocenters. The second-order valence-electron chi connectivity index (χ2n) is 5.12. The van der Waals surface area contributed by atoms with Gasteiger partial charge in [-0.3, -0.25) is 9.69 Å². The Hall–Kier alpha value is -1.40. The molecule has 0 spiro atoms. The molecule has 1 aliphatic rings. The third-order valence-corrected chi connectivity index (χ3v) is 3.70. The van der Waals surface area contributed by atoms with Crippen molar-refractivity contribution in [3.05, 3.63) is 28.8 Å². The Morgan fingerprint density at radius 1 is 1.52 bits per heavy atom. The molecule has 1 saturated heterocycles. The largest absolute Gasteiger partial charge is 0.481 e. The van der Waals surface area contributed by atoms with Crippen LogP contribution in [0.4, 0.5) is 8.78 Å². The Morgan fingerprint density at radius 3 is 2.95 bits per heavy atom. The summed E-state index contributed by atoms with van der Waals surface area (Å²) in [7, 11) is 0. The molecule has 0 aromatic heterocycles.